The first kappa shape index (κ1) is 12.2. The molecule has 92 valence electrons. The molecule has 0 saturated carbocycles. The Hall–Kier alpha value is -1.22. The van der Waals surface area contributed by atoms with Gasteiger partial charge in [0.2, 0.25) is 0 Å². The summed E-state index contributed by atoms with van der Waals surface area (Å²) in [5.74, 6) is -1.57. The summed E-state index contributed by atoms with van der Waals surface area (Å²) in [6.45, 7) is 1.98. The maximum atomic E-state index is 13.1. The van der Waals surface area contributed by atoms with E-state index in [1.807, 2.05) is 6.92 Å². The summed E-state index contributed by atoms with van der Waals surface area (Å²) < 4.78 is 25.9. The molecular formula is C14H17F2N. The monoisotopic (exact) mass is 237 g/mol. The first-order valence-electron chi connectivity index (χ1n) is 6.03. The van der Waals surface area contributed by atoms with E-state index in [0.717, 1.165) is 24.8 Å². The third kappa shape index (κ3) is 3.13. The standard InChI is InChI=1S/C14H17F2N/c1-10(17-12-5-3-2-4-6-12)11-7-8-13(15)14(16)9-11/h2-3,7-10,12,17H,4-6H2,1H3. The van der Waals surface area contributed by atoms with Crippen LogP contribution in [0.2, 0.25) is 0 Å². The van der Waals surface area contributed by atoms with Gasteiger partial charge in [0.1, 0.15) is 0 Å². The minimum Gasteiger partial charge on any atom is -0.307 e. The Morgan fingerprint density at radius 1 is 1.24 bits per heavy atom. The number of nitrogens with one attached hydrogen (secondary N) is 1. The summed E-state index contributed by atoms with van der Waals surface area (Å²) in [5, 5.41) is 3.44. The van der Waals surface area contributed by atoms with E-state index in [2.05, 4.69) is 17.5 Å². The fourth-order valence-corrected chi connectivity index (χ4v) is 2.18. The van der Waals surface area contributed by atoms with Gasteiger partial charge in [-0.3, -0.25) is 0 Å². The molecule has 2 unspecified atom stereocenters. The summed E-state index contributed by atoms with van der Waals surface area (Å²) in [6, 6.07) is 4.56. The summed E-state index contributed by atoms with van der Waals surface area (Å²) >= 11 is 0. The molecule has 0 heterocycles. The molecule has 0 amide bonds. The second kappa shape index (κ2) is 5.41. The van der Waals surface area contributed by atoms with Gasteiger partial charge < -0.3 is 5.32 Å². The maximum absolute atomic E-state index is 13.1. The van der Waals surface area contributed by atoms with Gasteiger partial charge in [-0.05, 0) is 43.9 Å². The lowest BCUT2D eigenvalue weighted by atomic mass is 9.99. The van der Waals surface area contributed by atoms with Crippen molar-refractivity contribution in [3.05, 3.63) is 47.5 Å². The van der Waals surface area contributed by atoms with Crippen molar-refractivity contribution >= 4 is 0 Å². The largest absolute Gasteiger partial charge is 0.307 e. The summed E-state index contributed by atoms with van der Waals surface area (Å²) in [5.41, 5.74) is 0.790. The SMILES string of the molecule is CC(NC1CC=CCC1)c1ccc(F)c(F)c1. The average Bonchev–Trinajstić information content (AvgIpc) is 2.34. The van der Waals surface area contributed by atoms with Crippen LogP contribution in [0.25, 0.3) is 0 Å². The van der Waals surface area contributed by atoms with Gasteiger partial charge in [0, 0.05) is 12.1 Å². The highest BCUT2D eigenvalue weighted by molar-refractivity contribution is 5.21. The van der Waals surface area contributed by atoms with Crippen LogP contribution in [0.4, 0.5) is 8.78 Å². The van der Waals surface area contributed by atoms with Crippen molar-refractivity contribution in [1.29, 1.82) is 0 Å². The maximum Gasteiger partial charge on any atom is 0.159 e. The second-order valence-corrected chi connectivity index (χ2v) is 4.54. The van der Waals surface area contributed by atoms with Crippen LogP contribution in [-0.4, -0.2) is 6.04 Å². The molecule has 0 fully saturated rings. The Bertz CT molecular complexity index is 415. The summed E-state index contributed by atoms with van der Waals surface area (Å²) in [4.78, 5) is 0. The molecule has 0 aliphatic heterocycles. The highest BCUT2D eigenvalue weighted by atomic mass is 19.2. The lowest BCUT2D eigenvalue weighted by molar-refractivity contribution is 0.423. The number of rotatable bonds is 3. The molecule has 2 rings (SSSR count). The van der Waals surface area contributed by atoms with Gasteiger partial charge in [-0.2, -0.15) is 0 Å². The normalized spacial score (nSPS) is 21.5. The number of allylic oxidation sites excluding steroid dienone is 1. The smallest absolute Gasteiger partial charge is 0.159 e. The van der Waals surface area contributed by atoms with Crippen LogP contribution < -0.4 is 5.32 Å². The van der Waals surface area contributed by atoms with Gasteiger partial charge in [-0.1, -0.05) is 18.2 Å². The van der Waals surface area contributed by atoms with Crippen LogP contribution >= 0.6 is 0 Å². The van der Waals surface area contributed by atoms with Crippen LogP contribution in [0.5, 0.6) is 0 Å². The van der Waals surface area contributed by atoms with Crippen molar-refractivity contribution in [1.82, 2.24) is 5.32 Å². The molecule has 0 spiro atoms. The van der Waals surface area contributed by atoms with E-state index in [0.29, 0.717) is 6.04 Å². The molecule has 0 saturated heterocycles. The molecule has 17 heavy (non-hydrogen) atoms. The number of hydrogen-bond acceptors (Lipinski definition) is 1. The lowest BCUT2D eigenvalue weighted by Gasteiger charge is -2.24. The van der Waals surface area contributed by atoms with Crippen molar-refractivity contribution in [2.75, 3.05) is 0 Å². The van der Waals surface area contributed by atoms with Gasteiger partial charge in [0.05, 0.1) is 0 Å². The Kier molecular flexibility index (Phi) is 3.89. The third-order valence-electron chi connectivity index (χ3n) is 3.20. The van der Waals surface area contributed by atoms with Gasteiger partial charge in [0.15, 0.2) is 11.6 Å². The van der Waals surface area contributed by atoms with Crippen molar-refractivity contribution < 1.29 is 8.78 Å². The number of benzene rings is 1. The molecule has 1 N–H and O–H groups in total. The molecule has 1 aromatic rings. The zero-order chi connectivity index (χ0) is 12.3. The minimum atomic E-state index is -0.790. The lowest BCUT2D eigenvalue weighted by Crippen LogP contribution is -2.32. The fourth-order valence-electron chi connectivity index (χ4n) is 2.18. The number of hydrogen-bond donors (Lipinski definition) is 1. The third-order valence-corrected chi connectivity index (χ3v) is 3.20. The Morgan fingerprint density at radius 3 is 2.71 bits per heavy atom. The minimum absolute atomic E-state index is 0.0431. The van der Waals surface area contributed by atoms with Crippen molar-refractivity contribution in [3.63, 3.8) is 0 Å². The first-order chi connectivity index (χ1) is 8.16. The van der Waals surface area contributed by atoms with E-state index < -0.39 is 11.6 Å². The van der Waals surface area contributed by atoms with E-state index in [9.17, 15) is 8.78 Å². The molecule has 1 aliphatic carbocycles. The predicted octanol–water partition coefficient (Wildman–Crippen LogP) is 3.72. The van der Waals surface area contributed by atoms with E-state index >= 15 is 0 Å². The summed E-state index contributed by atoms with van der Waals surface area (Å²) in [6.07, 6.45) is 7.54. The van der Waals surface area contributed by atoms with Crippen molar-refractivity contribution in [3.8, 4) is 0 Å². The second-order valence-electron chi connectivity index (χ2n) is 4.54. The van der Waals surface area contributed by atoms with E-state index in [1.54, 1.807) is 6.07 Å². The Morgan fingerprint density at radius 2 is 2.06 bits per heavy atom. The van der Waals surface area contributed by atoms with Crippen LogP contribution in [0.15, 0.2) is 30.4 Å². The molecule has 1 nitrogen and oxygen atoms in total. The Labute approximate surface area is 101 Å². The molecule has 0 bridgehead atoms. The first-order valence-corrected chi connectivity index (χ1v) is 6.03. The summed E-state index contributed by atoms with van der Waals surface area (Å²) in [7, 11) is 0. The predicted molar refractivity (Wildman–Crippen MR) is 64.7 cm³/mol. The Balaban J connectivity index is 2.01. The molecule has 0 radical (unpaired) electrons. The molecule has 1 aromatic carbocycles. The van der Waals surface area contributed by atoms with Crippen LogP contribution in [-0.2, 0) is 0 Å². The van der Waals surface area contributed by atoms with E-state index in [-0.39, 0.29) is 6.04 Å². The molecule has 3 heteroatoms. The van der Waals surface area contributed by atoms with Gasteiger partial charge >= 0.3 is 0 Å². The fraction of sp³-hybridized carbons (Fsp3) is 0.429. The topological polar surface area (TPSA) is 12.0 Å². The average molecular weight is 237 g/mol. The van der Waals surface area contributed by atoms with E-state index in [4.69, 9.17) is 0 Å². The van der Waals surface area contributed by atoms with Gasteiger partial charge in [0.25, 0.3) is 0 Å². The highest BCUT2D eigenvalue weighted by Crippen LogP contribution is 2.19. The molecule has 1 aliphatic rings. The molecule has 2 atom stereocenters. The van der Waals surface area contributed by atoms with Crippen LogP contribution in [0.3, 0.4) is 0 Å². The van der Waals surface area contributed by atoms with Crippen LogP contribution in [0.1, 0.15) is 37.8 Å². The highest BCUT2D eigenvalue weighted by Gasteiger charge is 2.15. The molecular weight excluding hydrogens is 220 g/mol. The van der Waals surface area contributed by atoms with Gasteiger partial charge in [-0.15, -0.1) is 0 Å². The molecule has 0 aromatic heterocycles. The van der Waals surface area contributed by atoms with Crippen molar-refractivity contribution in [2.24, 2.45) is 0 Å². The van der Waals surface area contributed by atoms with Gasteiger partial charge in [-0.25, -0.2) is 8.78 Å². The van der Waals surface area contributed by atoms with Crippen molar-refractivity contribution in [2.45, 2.75) is 38.3 Å². The van der Waals surface area contributed by atoms with E-state index in [1.165, 1.54) is 12.1 Å². The number of halogens is 2. The van der Waals surface area contributed by atoms with Crippen LogP contribution in [0, 0.1) is 11.6 Å². The quantitative estimate of drug-likeness (QED) is 0.790. The zero-order valence-corrected chi connectivity index (χ0v) is 9.92. The zero-order valence-electron chi connectivity index (χ0n) is 9.92.